The van der Waals surface area contributed by atoms with Crippen molar-refractivity contribution in [2.75, 3.05) is 33.3 Å². The van der Waals surface area contributed by atoms with Crippen LogP contribution in [-0.4, -0.2) is 100 Å². The summed E-state index contributed by atoms with van der Waals surface area (Å²) in [7, 11) is 1.58. The number of carboxylic acids is 1. The highest BCUT2D eigenvalue weighted by atomic mass is 19.1. The Labute approximate surface area is 196 Å². The highest BCUT2D eigenvalue weighted by Crippen LogP contribution is 2.28. The number of rotatable bonds is 6. The average molecular weight is 477 g/mol. The lowest BCUT2D eigenvalue weighted by Gasteiger charge is -2.54. The normalized spacial score (nSPS) is 25.5. The SMILES string of the molecule is CN1CC(=O)N2[C@@H](CC(=O)O)C(=O)N(CC3CCCO3)C[C@@H]2N1C(=O)NCc1ccc(F)cc1. The molecule has 34 heavy (non-hydrogen) atoms. The number of carbonyl (C=O) groups is 4. The quantitative estimate of drug-likeness (QED) is 0.601. The van der Waals surface area contributed by atoms with Crippen molar-refractivity contribution in [1.82, 2.24) is 25.1 Å². The van der Waals surface area contributed by atoms with Crippen LogP contribution >= 0.6 is 0 Å². The van der Waals surface area contributed by atoms with Gasteiger partial charge in [-0.25, -0.2) is 19.2 Å². The Morgan fingerprint density at radius 3 is 2.62 bits per heavy atom. The molecule has 1 aromatic carbocycles. The minimum Gasteiger partial charge on any atom is -0.481 e. The molecule has 11 nitrogen and oxygen atoms in total. The van der Waals surface area contributed by atoms with Crippen molar-refractivity contribution < 1.29 is 33.4 Å². The number of benzene rings is 1. The number of aliphatic carboxylic acids is 1. The number of fused-ring (bicyclic) bond motifs is 1. The highest BCUT2D eigenvalue weighted by molar-refractivity contribution is 5.93. The van der Waals surface area contributed by atoms with Crippen LogP contribution in [0, 0.1) is 5.82 Å². The van der Waals surface area contributed by atoms with Crippen LogP contribution in [-0.2, 0) is 25.7 Å². The van der Waals surface area contributed by atoms with Crippen LogP contribution in [0.3, 0.4) is 0 Å². The number of urea groups is 1. The molecule has 3 fully saturated rings. The molecular formula is C22H28FN5O6. The van der Waals surface area contributed by atoms with E-state index in [-0.39, 0.29) is 38.1 Å². The third-order valence-electron chi connectivity index (χ3n) is 6.32. The lowest BCUT2D eigenvalue weighted by atomic mass is 10.0. The smallest absolute Gasteiger partial charge is 0.334 e. The molecule has 3 atom stereocenters. The number of hydrogen-bond acceptors (Lipinski definition) is 6. The summed E-state index contributed by atoms with van der Waals surface area (Å²) in [6.07, 6.45) is 0.0574. The van der Waals surface area contributed by atoms with E-state index in [0.717, 1.165) is 12.8 Å². The average Bonchev–Trinajstić information content (AvgIpc) is 3.29. The van der Waals surface area contributed by atoms with E-state index in [1.807, 2.05) is 0 Å². The Balaban J connectivity index is 1.57. The first-order valence-electron chi connectivity index (χ1n) is 11.2. The minimum atomic E-state index is -1.22. The highest BCUT2D eigenvalue weighted by Gasteiger charge is 2.51. The van der Waals surface area contributed by atoms with E-state index < -0.39 is 42.4 Å². The van der Waals surface area contributed by atoms with Gasteiger partial charge in [-0.15, -0.1) is 0 Å². The maximum atomic E-state index is 13.2. The maximum Gasteiger partial charge on any atom is 0.334 e. The molecule has 2 N–H and O–H groups in total. The van der Waals surface area contributed by atoms with Gasteiger partial charge in [-0.2, -0.15) is 0 Å². The standard InChI is InChI=1S/C22H28FN5O6/c1-25-13-19(29)27-17(9-20(30)31)21(32)26(11-16-3-2-8-34-16)12-18(27)28(25)22(33)24-10-14-4-6-15(23)7-5-14/h4-7,16-18H,2-3,8-13H2,1H3,(H,24,33)(H,30,31)/t16?,17-,18-/m0/s1. The Morgan fingerprint density at radius 2 is 1.97 bits per heavy atom. The number of hydrogen-bond donors (Lipinski definition) is 2. The molecule has 184 valence electrons. The fraction of sp³-hybridized carbons (Fsp3) is 0.545. The first kappa shape index (κ1) is 23.9. The Kier molecular flexibility index (Phi) is 6.98. The molecule has 3 saturated heterocycles. The monoisotopic (exact) mass is 477 g/mol. The van der Waals surface area contributed by atoms with E-state index in [0.29, 0.717) is 12.2 Å². The van der Waals surface area contributed by atoms with Crippen molar-refractivity contribution in [2.24, 2.45) is 0 Å². The first-order chi connectivity index (χ1) is 16.2. The van der Waals surface area contributed by atoms with Gasteiger partial charge in [0.25, 0.3) is 0 Å². The fourth-order valence-electron chi connectivity index (χ4n) is 4.73. The summed E-state index contributed by atoms with van der Waals surface area (Å²) >= 11 is 0. The van der Waals surface area contributed by atoms with Gasteiger partial charge in [-0.3, -0.25) is 14.4 Å². The van der Waals surface area contributed by atoms with Gasteiger partial charge in [0, 0.05) is 26.7 Å². The number of hydrazine groups is 1. The number of piperazine rings is 1. The number of amides is 4. The topological polar surface area (TPSA) is 123 Å². The molecule has 0 aromatic heterocycles. The largest absolute Gasteiger partial charge is 0.481 e. The number of nitrogens with one attached hydrogen (secondary N) is 1. The molecule has 0 bridgehead atoms. The Morgan fingerprint density at radius 1 is 1.24 bits per heavy atom. The zero-order valence-corrected chi connectivity index (χ0v) is 18.9. The zero-order valence-electron chi connectivity index (χ0n) is 18.9. The van der Waals surface area contributed by atoms with Crippen molar-refractivity contribution in [3.8, 4) is 0 Å². The fourth-order valence-corrected chi connectivity index (χ4v) is 4.73. The molecule has 3 heterocycles. The predicted octanol–water partition coefficient (Wildman–Crippen LogP) is 0.217. The molecule has 1 aromatic rings. The first-order valence-corrected chi connectivity index (χ1v) is 11.2. The summed E-state index contributed by atoms with van der Waals surface area (Å²) in [5, 5.41) is 15.0. The molecule has 3 aliphatic heterocycles. The molecule has 0 radical (unpaired) electrons. The van der Waals surface area contributed by atoms with E-state index in [1.54, 1.807) is 19.2 Å². The van der Waals surface area contributed by atoms with Crippen LogP contribution in [0.25, 0.3) is 0 Å². The van der Waals surface area contributed by atoms with Gasteiger partial charge in [0.15, 0.2) is 0 Å². The third kappa shape index (κ3) is 4.97. The van der Waals surface area contributed by atoms with E-state index in [9.17, 15) is 28.7 Å². The van der Waals surface area contributed by atoms with Crippen molar-refractivity contribution in [2.45, 2.75) is 44.1 Å². The van der Waals surface area contributed by atoms with E-state index in [4.69, 9.17) is 4.74 Å². The number of carboxylic acid groups (broad SMARTS) is 1. The number of nitrogens with zero attached hydrogens (tertiary/aromatic N) is 4. The Bertz CT molecular complexity index is 954. The van der Waals surface area contributed by atoms with Gasteiger partial charge in [-0.05, 0) is 30.5 Å². The second-order valence-electron chi connectivity index (χ2n) is 8.72. The molecule has 0 aliphatic carbocycles. The van der Waals surface area contributed by atoms with Gasteiger partial charge in [0.2, 0.25) is 11.8 Å². The van der Waals surface area contributed by atoms with Gasteiger partial charge >= 0.3 is 12.0 Å². The summed E-state index contributed by atoms with van der Waals surface area (Å²) in [5.74, 6) is -2.48. The van der Waals surface area contributed by atoms with E-state index in [1.165, 1.54) is 32.0 Å². The van der Waals surface area contributed by atoms with Crippen LogP contribution in [0.1, 0.15) is 24.8 Å². The van der Waals surface area contributed by atoms with Crippen molar-refractivity contribution in [3.05, 3.63) is 35.6 Å². The van der Waals surface area contributed by atoms with Crippen LogP contribution in [0.5, 0.6) is 0 Å². The zero-order chi connectivity index (χ0) is 24.4. The van der Waals surface area contributed by atoms with Gasteiger partial charge in [0.1, 0.15) is 18.0 Å². The van der Waals surface area contributed by atoms with Crippen LogP contribution in [0.15, 0.2) is 24.3 Å². The molecule has 12 heteroatoms. The summed E-state index contributed by atoms with van der Waals surface area (Å²) in [4.78, 5) is 53.6. The molecule has 1 unspecified atom stereocenters. The Hall–Kier alpha value is -3.25. The second kappa shape index (κ2) is 9.94. The van der Waals surface area contributed by atoms with Crippen LogP contribution in [0.4, 0.5) is 9.18 Å². The summed E-state index contributed by atoms with van der Waals surface area (Å²) in [6.45, 7) is 0.841. The number of ether oxygens (including phenoxy) is 1. The lowest BCUT2D eigenvalue weighted by Crippen LogP contribution is -2.76. The molecular weight excluding hydrogens is 449 g/mol. The molecule has 0 spiro atoms. The van der Waals surface area contributed by atoms with Crippen LogP contribution in [0.2, 0.25) is 0 Å². The molecule has 0 saturated carbocycles. The third-order valence-corrected chi connectivity index (χ3v) is 6.32. The van der Waals surface area contributed by atoms with Gasteiger partial charge in [0.05, 0.1) is 25.6 Å². The van der Waals surface area contributed by atoms with E-state index >= 15 is 0 Å². The summed E-state index contributed by atoms with van der Waals surface area (Å²) in [6, 6.07) is 3.96. The second-order valence-corrected chi connectivity index (χ2v) is 8.72. The molecule has 4 rings (SSSR count). The van der Waals surface area contributed by atoms with Gasteiger partial charge in [-0.1, -0.05) is 12.1 Å². The van der Waals surface area contributed by atoms with Crippen molar-refractivity contribution in [1.29, 1.82) is 0 Å². The maximum absolute atomic E-state index is 13.2. The molecule has 4 amide bonds. The summed E-state index contributed by atoms with van der Waals surface area (Å²) in [5.41, 5.74) is 0.685. The molecule has 3 aliphatic rings. The number of carbonyl (C=O) groups excluding carboxylic acids is 3. The van der Waals surface area contributed by atoms with Crippen LogP contribution < -0.4 is 5.32 Å². The number of halogens is 1. The van der Waals surface area contributed by atoms with Gasteiger partial charge < -0.3 is 25.0 Å². The summed E-state index contributed by atoms with van der Waals surface area (Å²) < 4.78 is 18.8. The lowest BCUT2D eigenvalue weighted by molar-refractivity contribution is -0.189. The van der Waals surface area contributed by atoms with E-state index in [2.05, 4.69) is 5.32 Å². The van der Waals surface area contributed by atoms with Crippen molar-refractivity contribution in [3.63, 3.8) is 0 Å². The minimum absolute atomic E-state index is 0.0366. The number of likely N-dealkylation sites (N-methyl/N-ethyl adjacent to an activating group) is 1. The van der Waals surface area contributed by atoms with Crippen molar-refractivity contribution >= 4 is 23.8 Å². The predicted molar refractivity (Wildman–Crippen MR) is 115 cm³/mol.